The molecule has 0 spiro atoms. The molecule has 28 heavy (non-hydrogen) atoms. The maximum atomic E-state index is 12.4. The van der Waals surface area contributed by atoms with E-state index in [4.69, 9.17) is 0 Å². The van der Waals surface area contributed by atoms with Gasteiger partial charge in [0.15, 0.2) is 5.13 Å². The minimum Gasteiger partial charge on any atom is -0.302 e. The van der Waals surface area contributed by atoms with Crippen molar-refractivity contribution >= 4 is 33.7 Å². The van der Waals surface area contributed by atoms with E-state index < -0.39 is 0 Å². The number of anilines is 1. The van der Waals surface area contributed by atoms with Gasteiger partial charge in [-0.15, -0.1) is 22.7 Å². The molecule has 1 aliphatic rings. The Kier molecular flexibility index (Phi) is 5.85. The van der Waals surface area contributed by atoms with Crippen LogP contribution in [-0.4, -0.2) is 27.3 Å². The predicted molar refractivity (Wildman–Crippen MR) is 115 cm³/mol. The largest absolute Gasteiger partial charge is 0.302 e. The SMILES string of the molecule is CC(C)c1nc(CC(=O)Nc2nc3c(s2)CN(Cc2ccccc2)CC3)cs1. The number of hydrogen-bond acceptors (Lipinski definition) is 6. The van der Waals surface area contributed by atoms with Crippen LogP contribution >= 0.6 is 22.7 Å². The summed E-state index contributed by atoms with van der Waals surface area (Å²) < 4.78 is 0. The van der Waals surface area contributed by atoms with Crippen molar-refractivity contribution in [2.45, 2.75) is 45.7 Å². The minimum absolute atomic E-state index is 0.0483. The van der Waals surface area contributed by atoms with Crippen LogP contribution in [0.25, 0.3) is 0 Å². The van der Waals surface area contributed by atoms with Crippen molar-refractivity contribution in [3.63, 3.8) is 0 Å². The van der Waals surface area contributed by atoms with Gasteiger partial charge in [-0.05, 0) is 5.56 Å². The van der Waals surface area contributed by atoms with Gasteiger partial charge in [0.05, 0.1) is 22.8 Å². The van der Waals surface area contributed by atoms with Gasteiger partial charge in [-0.1, -0.05) is 44.2 Å². The zero-order valence-corrected chi connectivity index (χ0v) is 17.8. The van der Waals surface area contributed by atoms with E-state index in [1.807, 2.05) is 11.4 Å². The molecule has 0 aliphatic carbocycles. The molecule has 0 unspecified atom stereocenters. The van der Waals surface area contributed by atoms with Gasteiger partial charge in [-0.3, -0.25) is 9.69 Å². The van der Waals surface area contributed by atoms with E-state index in [1.54, 1.807) is 22.7 Å². The Bertz CT molecular complexity index is 948. The summed E-state index contributed by atoms with van der Waals surface area (Å²) in [7, 11) is 0. The molecule has 0 saturated carbocycles. The molecule has 0 saturated heterocycles. The lowest BCUT2D eigenvalue weighted by Gasteiger charge is -2.25. The Morgan fingerprint density at radius 3 is 2.82 bits per heavy atom. The molecule has 0 bridgehead atoms. The second kappa shape index (κ2) is 8.51. The van der Waals surface area contributed by atoms with Crippen molar-refractivity contribution in [3.05, 3.63) is 62.5 Å². The number of amides is 1. The molecule has 1 aliphatic heterocycles. The zero-order chi connectivity index (χ0) is 19.5. The average Bonchev–Trinajstić information content (AvgIpc) is 3.28. The van der Waals surface area contributed by atoms with Gasteiger partial charge in [-0.25, -0.2) is 9.97 Å². The van der Waals surface area contributed by atoms with E-state index in [9.17, 15) is 4.79 Å². The summed E-state index contributed by atoms with van der Waals surface area (Å²) in [6.07, 6.45) is 1.23. The molecule has 146 valence electrons. The molecule has 1 amide bonds. The van der Waals surface area contributed by atoms with E-state index in [1.165, 1.54) is 10.4 Å². The smallest absolute Gasteiger partial charge is 0.232 e. The van der Waals surface area contributed by atoms with Gasteiger partial charge in [0.25, 0.3) is 0 Å². The summed E-state index contributed by atoms with van der Waals surface area (Å²) in [4.78, 5) is 25.3. The van der Waals surface area contributed by atoms with Crippen LogP contribution in [0.3, 0.4) is 0 Å². The maximum Gasteiger partial charge on any atom is 0.232 e. The fourth-order valence-corrected chi connectivity index (χ4v) is 5.18. The van der Waals surface area contributed by atoms with E-state index in [-0.39, 0.29) is 5.91 Å². The van der Waals surface area contributed by atoms with Gasteiger partial charge in [0.2, 0.25) is 5.91 Å². The lowest BCUT2D eigenvalue weighted by Crippen LogP contribution is -2.29. The van der Waals surface area contributed by atoms with Crippen molar-refractivity contribution < 1.29 is 4.79 Å². The maximum absolute atomic E-state index is 12.4. The van der Waals surface area contributed by atoms with Crippen LogP contribution < -0.4 is 5.32 Å². The monoisotopic (exact) mass is 412 g/mol. The highest BCUT2D eigenvalue weighted by Gasteiger charge is 2.21. The number of benzene rings is 1. The molecule has 2 aromatic heterocycles. The van der Waals surface area contributed by atoms with Gasteiger partial charge in [0, 0.05) is 42.2 Å². The molecular formula is C21H24N4OS2. The average molecular weight is 413 g/mol. The summed E-state index contributed by atoms with van der Waals surface area (Å²) in [5, 5.41) is 6.72. The van der Waals surface area contributed by atoms with Crippen molar-refractivity contribution in [1.82, 2.24) is 14.9 Å². The lowest BCUT2D eigenvalue weighted by molar-refractivity contribution is -0.115. The number of carbonyl (C=O) groups is 1. The van der Waals surface area contributed by atoms with Crippen LogP contribution in [0.1, 0.15) is 46.6 Å². The van der Waals surface area contributed by atoms with E-state index in [2.05, 4.69) is 58.3 Å². The number of nitrogens with one attached hydrogen (secondary N) is 1. The van der Waals surface area contributed by atoms with E-state index in [0.29, 0.717) is 17.5 Å². The Balaban J connectivity index is 1.35. The number of aromatic nitrogens is 2. The lowest BCUT2D eigenvalue weighted by atomic mass is 10.1. The van der Waals surface area contributed by atoms with Crippen LogP contribution in [0.2, 0.25) is 0 Å². The number of thiazole rings is 2. The summed E-state index contributed by atoms with van der Waals surface area (Å²) >= 11 is 3.22. The second-order valence-electron chi connectivity index (χ2n) is 7.39. The van der Waals surface area contributed by atoms with Crippen LogP contribution in [-0.2, 0) is 30.7 Å². The summed E-state index contributed by atoms with van der Waals surface area (Å²) in [5.41, 5.74) is 3.29. The normalized spacial score (nSPS) is 14.2. The highest BCUT2D eigenvalue weighted by Crippen LogP contribution is 2.29. The molecule has 3 heterocycles. The highest BCUT2D eigenvalue weighted by molar-refractivity contribution is 7.15. The standard InChI is InChI=1S/C21H24N4OS2/c1-14(2)20-22-16(13-27-20)10-19(26)24-21-23-17-8-9-25(12-18(17)28-21)11-15-6-4-3-5-7-15/h3-7,13-14H,8-12H2,1-2H3,(H,23,24,26). The van der Waals surface area contributed by atoms with Gasteiger partial charge in [0.1, 0.15) is 0 Å². The van der Waals surface area contributed by atoms with E-state index >= 15 is 0 Å². The molecule has 1 N–H and O–H groups in total. The molecular weight excluding hydrogens is 388 g/mol. The Morgan fingerprint density at radius 2 is 2.07 bits per heavy atom. The van der Waals surface area contributed by atoms with Gasteiger partial charge >= 0.3 is 0 Å². The molecule has 4 rings (SSSR count). The van der Waals surface area contributed by atoms with Crippen LogP contribution in [0.4, 0.5) is 5.13 Å². The van der Waals surface area contributed by atoms with Crippen LogP contribution in [0.5, 0.6) is 0 Å². The molecule has 7 heteroatoms. The third kappa shape index (κ3) is 4.66. The van der Waals surface area contributed by atoms with Gasteiger partial charge < -0.3 is 5.32 Å². The molecule has 5 nitrogen and oxygen atoms in total. The van der Waals surface area contributed by atoms with Crippen LogP contribution in [0.15, 0.2) is 35.7 Å². The number of rotatable bonds is 6. The van der Waals surface area contributed by atoms with Crippen LogP contribution in [0, 0.1) is 0 Å². The Morgan fingerprint density at radius 1 is 1.25 bits per heavy atom. The quantitative estimate of drug-likeness (QED) is 0.649. The predicted octanol–water partition coefficient (Wildman–Crippen LogP) is 4.46. The fraction of sp³-hybridized carbons (Fsp3) is 0.381. The zero-order valence-electron chi connectivity index (χ0n) is 16.1. The van der Waals surface area contributed by atoms with Crippen molar-refractivity contribution in [3.8, 4) is 0 Å². The molecule has 0 fully saturated rings. The van der Waals surface area contributed by atoms with Crippen molar-refractivity contribution in [1.29, 1.82) is 0 Å². The molecule has 0 radical (unpaired) electrons. The van der Waals surface area contributed by atoms with E-state index in [0.717, 1.165) is 42.5 Å². The first-order valence-corrected chi connectivity index (χ1v) is 11.3. The summed E-state index contributed by atoms with van der Waals surface area (Å²) in [6.45, 7) is 7.06. The third-order valence-corrected chi connectivity index (χ3v) is 6.90. The molecule has 0 atom stereocenters. The third-order valence-electron chi connectivity index (χ3n) is 4.71. The molecule has 3 aromatic rings. The second-order valence-corrected chi connectivity index (χ2v) is 9.37. The van der Waals surface area contributed by atoms with Crippen molar-refractivity contribution in [2.75, 3.05) is 11.9 Å². The van der Waals surface area contributed by atoms with Crippen molar-refractivity contribution in [2.24, 2.45) is 0 Å². The number of hydrogen-bond donors (Lipinski definition) is 1. The summed E-state index contributed by atoms with van der Waals surface area (Å²) in [6, 6.07) is 10.5. The fourth-order valence-electron chi connectivity index (χ4n) is 3.28. The highest BCUT2D eigenvalue weighted by atomic mass is 32.1. The first-order chi connectivity index (χ1) is 13.6. The molecule has 1 aromatic carbocycles. The number of nitrogens with zero attached hydrogens (tertiary/aromatic N) is 3. The number of carbonyl (C=O) groups excluding carboxylic acids is 1. The minimum atomic E-state index is -0.0483. The van der Waals surface area contributed by atoms with Gasteiger partial charge in [-0.2, -0.15) is 0 Å². The first-order valence-electron chi connectivity index (χ1n) is 9.56. The Hall–Kier alpha value is -2.09. The Labute approximate surface area is 173 Å². The topological polar surface area (TPSA) is 58.1 Å². The number of fused-ring (bicyclic) bond motifs is 1. The first kappa shape index (κ1) is 19.2. The summed E-state index contributed by atoms with van der Waals surface area (Å²) in [5.74, 6) is 0.346.